The van der Waals surface area contributed by atoms with Gasteiger partial charge in [0.15, 0.2) is 0 Å². The molecule has 0 atom stereocenters. The number of nitrogens with one attached hydrogen (secondary N) is 2. The molecule has 0 bridgehead atoms. The van der Waals surface area contributed by atoms with Crippen LogP contribution in [0.5, 0.6) is 0 Å². The molecule has 1 aromatic heterocycles. The van der Waals surface area contributed by atoms with Gasteiger partial charge in [-0.1, -0.05) is 31.7 Å². The van der Waals surface area contributed by atoms with E-state index < -0.39 is 10.0 Å². The normalized spacial score (nSPS) is 16.8. The van der Waals surface area contributed by atoms with Crippen LogP contribution in [-0.4, -0.2) is 19.2 Å². The summed E-state index contributed by atoms with van der Waals surface area (Å²) < 4.78 is 26.9. The van der Waals surface area contributed by atoms with Gasteiger partial charge < -0.3 is 4.98 Å². The number of hydrogen-bond acceptors (Lipinski definition) is 2. The van der Waals surface area contributed by atoms with E-state index in [1.54, 1.807) is 0 Å². The first-order valence-corrected chi connectivity index (χ1v) is 8.85. The fourth-order valence-corrected chi connectivity index (χ4v) is 4.19. The van der Waals surface area contributed by atoms with Crippen LogP contribution in [0.3, 0.4) is 0 Å². The van der Waals surface area contributed by atoms with Crippen molar-refractivity contribution in [3.05, 3.63) is 30.5 Å². The summed E-state index contributed by atoms with van der Waals surface area (Å²) in [4.78, 5) is 3.09. The zero-order chi connectivity index (χ0) is 14.0. The topological polar surface area (TPSA) is 62.0 Å². The molecule has 20 heavy (non-hydrogen) atoms. The second kappa shape index (κ2) is 5.48. The summed E-state index contributed by atoms with van der Waals surface area (Å²) in [6.07, 6.45) is 7.50. The molecule has 0 unspecified atom stereocenters. The van der Waals surface area contributed by atoms with E-state index in [1.165, 1.54) is 25.7 Å². The molecule has 2 aromatic rings. The molecule has 4 nitrogen and oxygen atoms in total. The van der Waals surface area contributed by atoms with Crippen molar-refractivity contribution >= 4 is 26.6 Å². The highest BCUT2D eigenvalue weighted by Crippen LogP contribution is 2.28. The number of hydrogen-bond donors (Lipinski definition) is 2. The number of rotatable bonds is 5. The van der Waals surface area contributed by atoms with Gasteiger partial charge in [-0.2, -0.15) is 0 Å². The molecule has 1 fully saturated rings. The zero-order valence-electron chi connectivity index (χ0n) is 11.4. The van der Waals surface area contributed by atoms with Crippen molar-refractivity contribution in [2.24, 2.45) is 5.92 Å². The van der Waals surface area contributed by atoms with E-state index in [9.17, 15) is 8.42 Å². The zero-order valence-corrected chi connectivity index (χ0v) is 12.2. The molecule has 0 radical (unpaired) electrons. The Morgan fingerprint density at radius 1 is 1.20 bits per heavy atom. The fourth-order valence-electron chi connectivity index (χ4n) is 2.96. The Morgan fingerprint density at radius 2 is 2.00 bits per heavy atom. The Bertz CT molecular complexity index is 685. The van der Waals surface area contributed by atoms with Crippen molar-refractivity contribution in [1.29, 1.82) is 0 Å². The largest absolute Gasteiger partial charge is 0.361 e. The van der Waals surface area contributed by atoms with Gasteiger partial charge in [0.25, 0.3) is 0 Å². The van der Waals surface area contributed by atoms with Gasteiger partial charge in [0.2, 0.25) is 10.0 Å². The predicted octanol–water partition coefficient (Wildman–Crippen LogP) is 3.49. The molecule has 108 valence electrons. The smallest absolute Gasteiger partial charge is 0.232 e. The highest BCUT2D eigenvalue weighted by atomic mass is 32.2. The molecular formula is C15H20N2O2S. The molecular weight excluding hydrogens is 272 g/mol. The van der Waals surface area contributed by atoms with Crippen LogP contribution >= 0.6 is 0 Å². The number of sulfonamides is 1. The average Bonchev–Trinajstić information content (AvgIpc) is 3.06. The SMILES string of the molecule is O=S(=O)(CCC1CCCC1)Nc1ccc2cc[nH]c2c1. The van der Waals surface area contributed by atoms with Crippen molar-refractivity contribution in [3.63, 3.8) is 0 Å². The molecule has 2 N–H and O–H groups in total. The second-order valence-corrected chi connectivity index (χ2v) is 7.48. The second-order valence-electron chi connectivity index (χ2n) is 5.64. The highest BCUT2D eigenvalue weighted by molar-refractivity contribution is 7.92. The monoisotopic (exact) mass is 292 g/mol. The minimum atomic E-state index is -3.24. The van der Waals surface area contributed by atoms with Gasteiger partial charge in [0, 0.05) is 11.7 Å². The minimum Gasteiger partial charge on any atom is -0.361 e. The Hall–Kier alpha value is -1.49. The van der Waals surface area contributed by atoms with Gasteiger partial charge in [-0.3, -0.25) is 4.72 Å². The van der Waals surface area contributed by atoms with E-state index >= 15 is 0 Å². The summed E-state index contributed by atoms with van der Waals surface area (Å²) in [5.74, 6) is 0.818. The van der Waals surface area contributed by atoms with E-state index in [2.05, 4.69) is 9.71 Å². The lowest BCUT2D eigenvalue weighted by molar-refractivity contribution is 0.522. The van der Waals surface area contributed by atoms with Gasteiger partial charge in [0.05, 0.1) is 11.4 Å². The molecule has 5 heteroatoms. The molecule has 1 heterocycles. The summed E-state index contributed by atoms with van der Waals surface area (Å²) in [6, 6.07) is 7.53. The van der Waals surface area contributed by atoms with Gasteiger partial charge in [0.1, 0.15) is 0 Å². The standard InChI is InChI=1S/C15H20N2O2S/c18-20(19,10-8-12-3-1-2-4-12)17-14-6-5-13-7-9-16-15(13)11-14/h5-7,9,11-12,16-17H,1-4,8,10H2. The predicted molar refractivity (Wildman–Crippen MR) is 82.3 cm³/mol. The number of fused-ring (bicyclic) bond motifs is 1. The van der Waals surface area contributed by atoms with Crippen molar-refractivity contribution in [1.82, 2.24) is 4.98 Å². The van der Waals surface area contributed by atoms with Gasteiger partial charge in [-0.05, 0) is 35.9 Å². The lowest BCUT2D eigenvalue weighted by atomic mass is 10.1. The van der Waals surface area contributed by atoms with Crippen molar-refractivity contribution in [3.8, 4) is 0 Å². The van der Waals surface area contributed by atoms with Crippen LogP contribution in [0, 0.1) is 5.92 Å². The molecule has 1 saturated carbocycles. The Labute approximate surface area is 119 Å². The molecule has 3 rings (SSSR count). The maximum atomic E-state index is 12.1. The summed E-state index contributed by atoms with van der Waals surface area (Å²) in [7, 11) is -3.24. The van der Waals surface area contributed by atoms with E-state index in [4.69, 9.17) is 0 Å². The molecule has 0 saturated heterocycles. The summed E-state index contributed by atoms with van der Waals surface area (Å²) in [6.45, 7) is 0. The third-order valence-corrected chi connectivity index (χ3v) is 5.42. The van der Waals surface area contributed by atoms with E-state index in [0.717, 1.165) is 17.3 Å². The first-order valence-electron chi connectivity index (χ1n) is 7.20. The van der Waals surface area contributed by atoms with Crippen molar-refractivity contribution in [2.75, 3.05) is 10.5 Å². The third-order valence-electron chi connectivity index (χ3n) is 4.10. The van der Waals surface area contributed by atoms with Crippen LogP contribution < -0.4 is 4.72 Å². The first kappa shape index (κ1) is 13.5. The number of H-pyrrole nitrogens is 1. The number of benzene rings is 1. The lowest BCUT2D eigenvalue weighted by Crippen LogP contribution is -2.18. The van der Waals surface area contributed by atoms with Crippen LogP contribution in [-0.2, 0) is 10.0 Å². The summed E-state index contributed by atoms with van der Waals surface area (Å²) in [5, 5.41) is 1.08. The molecule has 1 aliphatic rings. The lowest BCUT2D eigenvalue weighted by Gasteiger charge is -2.11. The highest BCUT2D eigenvalue weighted by Gasteiger charge is 2.19. The average molecular weight is 292 g/mol. The van der Waals surface area contributed by atoms with E-state index in [1.807, 2.05) is 30.5 Å². The maximum absolute atomic E-state index is 12.1. The molecule has 0 amide bonds. The van der Waals surface area contributed by atoms with E-state index in [0.29, 0.717) is 11.6 Å². The Kier molecular flexibility index (Phi) is 3.70. The van der Waals surface area contributed by atoms with Gasteiger partial charge in [-0.15, -0.1) is 0 Å². The number of aromatic nitrogens is 1. The van der Waals surface area contributed by atoms with Gasteiger partial charge in [-0.25, -0.2) is 8.42 Å². The van der Waals surface area contributed by atoms with Crippen molar-refractivity contribution in [2.45, 2.75) is 32.1 Å². The molecule has 1 aliphatic carbocycles. The van der Waals surface area contributed by atoms with Gasteiger partial charge >= 0.3 is 0 Å². The number of anilines is 1. The third kappa shape index (κ3) is 3.15. The summed E-state index contributed by atoms with van der Waals surface area (Å²) in [5.41, 5.74) is 1.58. The Morgan fingerprint density at radius 3 is 2.80 bits per heavy atom. The number of aromatic amines is 1. The molecule has 0 spiro atoms. The van der Waals surface area contributed by atoms with Crippen molar-refractivity contribution < 1.29 is 8.42 Å². The summed E-state index contributed by atoms with van der Waals surface area (Å²) >= 11 is 0. The minimum absolute atomic E-state index is 0.223. The molecule has 0 aliphatic heterocycles. The maximum Gasteiger partial charge on any atom is 0.232 e. The van der Waals surface area contributed by atoms with Crippen LogP contribution in [0.4, 0.5) is 5.69 Å². The van der Waals surface area contributed by atoms with Crippen LogP contribution in [0.2, 0.25) is 0 Å². The quantitative estimate of drug-likeness (QED) is 0.886. The van der Waals surface area contributed by atoms with Crippen LogP contribution in [0.25, 0.3) is 10.9 Å². The first-order chi connectivity index (χ1) is 9.62. The molecule has 1 aromatic carbocycles. The Balaban J connectivity index is 1.65. The van der Waals surface area contributed by atoms with E-state index in [-0.39, 0.29) is 5.75 Å². The van der Waals surface area contributed by atoms with Crippen LogP contribution in [0.1, 0.15) is 32.1 Å². The fraction of sp³-hybridized carbons (Fsp3) is 0.467. The van der Waals surface area contributed by atoms with Crippen LogP contribution in [0.15, 0.2) is 30.5 Å².